The first-order chi connectivity index (χ1) is 8.74. The van der Waals surface area contributed by atoms with Crippen molar-refractivity contribution in [2.24, 2.45) is 5.92 Å². The second kappa shape index (κ2) is 9.50. The highest BCUT2D eigenvalue weighted by atomic mass is 79.9. The molecule has 104 valence electrons. The van der Waals surface area contributed by atoms with Crippen LogP contribution in [0.2, 0.25) is 0 Å². The maximum atomic E-state index is 4.30. The summed E-state index contributed by atoms with van der Waals surface area (Å²) in [5.74, 6) is 1.65. The van der Waals surface area contributed by atoms with Crippen LogP contribution in [0.25, 0.3) is 0 Å². The number of nitrogens with one attached hydrogen (secondary N) is 1. The number of halogens is 1. The minimum atomic E-state index is 0.606. The summed E-state index contributed by atoms with van der Waals surface area (Å²) in [7, 11) is 0. The summed E-state index contributed by atoms with van der Waals surface area (Å²) in [4.78, 5) is 4.30. The molecule has 1 aromatic heterocycles. The van der Waals surface area contributed by atoms with Crippen LogP contribution < -0.4 is 5.32 Å². The fourth-order valence-electron chi connectivity index (χ4n) is 1.82. The van der Waals surface area contributed by atoms with Gasteiger partial charge in [0.25, 0.3) is 0 Å². The van der Waals surface area contributed by atoms with Gasteiger partial charge < -0.3 is 5.32 Å². The summed E-state index contributed by atoms with van der Waals surface area (Å²) in [6.45, 7) is 7.23. The summed E-state index contributed by atoms with van der Waals surface area (Å²) in [5.41, 5.74) is 0. The van der Waals surface area contributed by atoms with E-state index < -0.39 is 0 Å². The van der Waals surface area contributed by atoms with Gasteiger partial charge in [-0.2, -0.15) is 5.10 Å². The van der Waals surface area contributed by atoms with Gasteiger partial charge in [-0.05, 0) is 25.3 Å². The van der Waals surface area contributed by atoms with Crippen molar-refractivity contribution in [2.75, 3.05) is 11.9 Å². The fourth-order valence-corrected chi connectivity index (χ4v) is 2.22. The number of hydrogen-bond acceptors (Lipinski definition) is 3. The van der Waals surface area contributed by atoms with Gasteiger partial charge >= 0.3 is 0 Å². The zero-order valence-corrected chi connectivity index (χ0v) is 13.1. The van der Waals surface area contributed by atoms with E-state index >= 15 is 0 Å². The van der Waals surface area contributed by atoms with Gasteiger partial charge in [-0.3, -0.25) is 0 Å². The van der Waals surface area contributed by atoms with Crippen molar-refractivity contribution < 1.29 is 0 Å². The largest absolute Gasteiger partial charge is 0.310 e. The van der Waals surface area contributed by atoms with Gasteiger partial charge in [0.1, 0.15) is 12.2 Å². The zero-order valence-electron chi connectivity index (χ0n) is 11.5. The van der Waals surface area contributed by atoms with Crippen molar-refractivity contribution in [3.8, 4) is 0 Å². The van der Waals surface area contributed by atoms with Crippen LogP contribution in [0.4, 0.5) is 0 Å². The predicted octanol–water partition coefficient (Wildman–Crippen LogP) is 2.98. The average molecular weight is 317 g/mol. The molecule has 0 amide bonds. The predicted molar refractivity (Wildman–Crippen MR) is 78.8 cm³/mol. The molecule has 0 atom stereocenters. The minimum absolute atomic E-state index is 0.606. The number of rotatable bonds is 10. The molecule has 0 radical (unpaired) electrons. The van der Waals surface area contributed by atoms with E-state index in [0.29, 0.717) is 5.92 Å². The fraction of sp³-hybridized carbons (Fsp3) is 0.846. The van der Waals surface area contributed by atoms with Crippen molar-refractivity contribution in [1.82, 2.24) is 20.1 Å². The van der Waals surface area contributed by atoms with Gasteiger partial charge in [0.05, 0.1) is 6.54 Å². The highest BCUT2D eigenvalue weighted by Crippen LogP contribution is 2.02. The molecule has 0 aliphatic heterocycles. The topological polar surface area (TPSA) is 42.7 Å². The molecule has 18 heavy (non-hydrogen) atoms. The molecule has 0 aromatic carbocycles. The molecule has 0 fully saturated rings. The van der Waals surface area contributed by atoms with E-state index in [2.05, 4.69) is 45.2 Å². The van der Waals surface area contributed by atoms with Gasteiger partial charge in [-0.1, -0.05) is 42.6 Å². The lowest BCUT2D eigenvalue weighted by atomic mass is 10.2. The van der Waals surface area contributed by atoms with Gasteiger partial charge in [-0.15, -0.1) is 0 Å². The lowest BCUT2D eigenvalue weighted by Crippen LogP contribution is -2.20. The first kappa shape index (κ1) is 15.6. The van der Waals surface area contributed by atoms with Crippen LogP contribution in [0.5, 0.6) is 0 Å². The first-order valence-corrected chi connectivity index (χ1v) is 7.99. The third kappa shape index (κ3) is 6.50. The second-order valence-electron chi connectivity index (χ2n) is 5.03. The Morgan fingerprint density at radius 3 is 2.78 bits per heavy atom. The molecular formula is C13H25BrN4. The Bertz CT molecular complexity index is 312. The number of unbranched alkanes of at least 4 members (excludes halogenated alkanes) is 3. The Kier molecular flexibility index (Phi) is 8.25. The normalized spacial score (nSPS) is 11.3. The van der Waals surface area contributed by atoms with Crippen molar-refractivity contribution in [3.05, 3.63) is 12.2 Å². The van der Waals surface area contributed by atoms with Crippen LogP contribution >= 0.6 is 15.9 Å². The Hall–Kier alpha value is -0.420. The zero-order chi connectivity index (χ0) is 13.2. The van der Waals surface area contributed by atoms with Gasteiger partial charge in [0.15, 0.2) is 0 Å². The molecule has 0 saturated heterocycles. The Morgan fingerprint density at radius 1 is 1.28 bits per heavy atom. The van der Waals surface area contributed by atoms with Crippen molar-refractivity contribution >= 4 is 15.9 Å². The van der Waals surface area contributed by atoms with E-state index in [-0.39, 0.29) is 0 Å². The van der Waals surface area contributed by atoms with Crippen molar-refractivity contribution in [1.29, 1.82) is 0 Å². The summed E-state index contributed by atoms with van der Waals surface area (Å²) in [6, 6.07) is 0. The Morgan fingerprint density at radius 2 is 2.06 bits per heavy atom. The highest BCUT2D eigenvalue weighted by molar-refractivity contribution is 9.09. The quantitative estimate of drug-likeness (QED) is 0.533. The lowest BCUT2D eigenvalue weighted by Gasteiger charge is -2.09. The number of alkyl halides is 1. The lowest BCUT2D eigenvalue weighted by molar-refractivity contribution is 0.456. The molecule has 0 saturated carbocycles. The summed E-state index contributed by atoms with van der Waals surface area (Å²) < 4.78 is 2.00. The maximum absolute atomic E-state index is 4.30. The average Bonchev–Trinajstić information content (AvgIpc) is 2.75. The van der Waals surface area contributed by atoms with Crippen LogP contribution in [0.1, 0.15) is 45.4 Å². The third-order valence-corrected chi connectivity index (χ3v) is 3.31. The molecule has 1 heterocycles. The van der Waals surface area contributed by atoms with E-state index in [1.807, 2.05) is 4.68 Å². The minimum Gasteiger partial charge on any atom is -0.310 e. The number of nitrogens with zero attached hydrogens (tertiary/aromatic N) is 3. The monoisotopic (exact) mass is 316 g/mol. The molecule has 5 heteroatoms. The van der Waals surface area contributed by atoms with Gasteiger partial charge in [-0.25, -0.2) is 9.67 Å². The standard InChI is InChI=1S/C13H25BrN4/c1-12(2)10-18-13(16-11-17-18)9-15-8-6-4-3-5-7-14/h11-12,15H,3-10H2,1-2H3. The van der Waals surface area contributed by atoms with Gasteiger partial charge in [0, 0.05) is 11.9 Å². The number of hydrogen-bond donors (Lipinski definition) is 1. The molecule has 0 bridgehead atoms. The van der Waals surface area contributed by atoms with Crippen LogP contribution in [0.3, 0.4) is 0 Å². The SMILES string of the molecule is CC(C)Cn1ncnc1CNCCCCCCBr. The Balaban J connectivity index is 2.13. The van der Waals surface area contributed by atoms with Crippen LogP contribution in [-0.2, 0) is 13.1 Å². The van der Waals surface area contributed by atoms with E-state index in [9.17, 15) is 0 Å². The third-order valence-electron chi connectivity index (χ3n) is 2.75. The molecular weight excluding hydrogens is 292 g/mol. The molecule has 4 nitrogen and oxygen atoms in total. The summed E-state index contributed by atoms with van der Waals surface area (Å²) in [5, 5.41) is 8.82. The van der Waals surface area contributed by atoms with Crippen molar-refractivity contribution in [2.45, 2.75) is 52.6 Å². The number of aromatic nitrogens is 3. The molecule has 1 aromatic rings. The van der Waals surface area contributed by atoms with E-state index in [0.717, 1.165) is 30.8 Å². The maximum Gasteiger partial charge on any atom is 0.140 e. The smallest absolute Gasteiger partial charge is 0.140 e. The van der Waals surface area contributed by atoms with E-state index in [1.165, 1.54) is 25.7 Å². The van der Waals surface area contributed by atoms with Gasteiger partial charge in [0.2, 0.25) is 0 Å². The van der Waals surface area contributed by atoms with Crippen LogP contribution in [0, 0.1) is 5.92 Å². The first-order valence-electron chi connectivity index (χ1n) is 6.87. The van der Waals surface area contributed by atoms with E-state index in [4.69, 9.17) is 0 Å². The molecule has 0 aliphatic carbocycles. The van der Waals surface area contributed by atoms with E-state index in [1.54, 1.807) is 6.33 Å². The summed E-state index contributed by atoms with van der Waals surface area (Å²) in [6.07, 6.45) is 6.79. The molecule has 0 aliphatic rings. The summed E-state index contributed by atoms with van der Waals surface area (Å²) >= 11 is 3.45. The Labute approximate surface area is 119 Å². The molecule has 1 rings (SSSR count). The van der Waals surface area contributed by atoms with Crippen LogP contribution in [-0.4, -0.2) is 26.6 Å². The van der Waals surface area contributed by atoms with Crippen molar-refractivity contribution in [3.63, 3.8) is 0 Å². The van der Waals surface area contributed by atoms with Crippen LogP contribution in [0.15, 0.2) is 6.33 Å². The molecule has 0 spiro atoms. The molecule has 0 unspecified atom stereocenters. The highest BCUT2D eigenvalue weighted by Gasteiger charge is 2.05. The second-order valence-corrected chi connectivity index (χ2v) is 5.83. The molecule has 1 N–H and O–H groups in total.